The Morgan fingerprint density at radius 1 is 1.33 bits per heavy atom. The molecule has 0 saturated carbocycles. The van der Waals surface area contributed by atoms with Crippen molar-refractivity contribution in [2.45, 2.75) is 0 Å². The Morgan fingerprint density at radius 3 is 2.53 bits per heavy atom. The molecule has 0 atom stereocenters. The lowest BCUT2D eigenvalue weighted by molar-refractivity contribution is 0.355. The summed E-state index contributed by atoms with van der Waals surface area (Å²) < 4.78 is 10.2. The number of ether oxygens (including phenoxy) is 2. The summed E-state index contributed by atoms with van der Waals surface area (Å²) in [4.78, 5) is 2.66. The molecule has 5 heteroatoms. The van der Waals surface area contributed by atoms with Gasteiger partial charge in [0.15, 0.2) is 11.5 Å². The molecule has 0 aromatic heterocycles. The molecule has 78 valence electrons. The van der Waals surface area contributed by atoms with Gasteiger partial charge in [0, 0.05) is 10.6 Å². The summed E-state index contributed by atoms with van der Waals surface area (Å²) in [5, 5.41) is 3.42. The van der Waals surface area contributed by atoms with Gasteiger partial charge in [0.1, 0.15) is 0 Å². The zero-order chi connectivity index (χ0) is 11.3. The molecule has 0 heterocycles. The van der Waals surface area contributed by atoms with Gasteiger partial charge in [0.2, 0.25) is 0 Å². The smallest absolute Gasteiger partial charge is 0.161 e. The topological polar surface area (TPSA) is 67.2 Å². The van der Waals surface area contributed by atoms with Crippen molar-refractivity contribution >= 4 is 5.70 Å². The lowest BCUT2D eigenvalue weighted by atomic mass is 10.1. The van der Waals surface area contributed by atoms with Gasteiger partial charge in [-0.2, -0.15) is 0 Å². The number of methoxy groups -OCH3 is 2. The van der Waals surface area contributed by atoms with Crippen LogP contribution in [0, 0.1) is 0 Å². The van der Waals surface area contributed by atoms with E-state index in [1.165, 1.54) is 7.11 Å². The molecular weight excluding hydrogens is 194 g/mol. The Labute approximate surface area is 87.6 Å². The summed E-state index contributed by atoms with van der Waals surface area (Å²) in [7, 11) is 3.09. The molecule has 0 spiro atoms. The van der Waals surface area contributed by atoms with E-state index in [-0.39, 0.29) is 0 Å². The first-order valence-corrected chi connectivity index (χ1v) is 4.19. The van der Waals surface area contributed by atoms with Gasteiger partial charge in [-0.3, -0.25) is 0 Å². The summed E-state index contributed by atoms with van der Waals surface area (Å²) >= 11 is 0. The molecular formula is C10H11N3O2. The van der Waals surface area contributed by atoms with Crippen LogP contribution in [0.15, 0.2) is 29.9 Å². The van der Waals surface area contributed by atoms with Crippen LogP contribution in [0.5, 0.6) is 11.5 Å². The van der Waals surface area contributed by atoms with Gasteiger partial charge in [0.05, 0.1) is 14.2 Å². The molecule has 0 unspecified atom stereocenters. The van der Waals surface area contributed by atoms with E-state index in [1.807, 2.05) is 0 Å². The van der Waals surface area contributed by atoms with Crippen molar-refractivity contribution in [3.8, 4) is 11.5 Å². The van der Waals surface area contributed by atoms with E-state index in [1.54, 1.807) is 25.3 Å². The molecule has 0 bridgehead atoms. The normalized spacial score (nSPS) is 8.93. The lowest BCUT2D eigenvalue weighted by Crippen LogP contribution is -1.91. The highest BCUT2D eigenvalue weighted by atomic mass is 16.5. The van der Waals surface area contributed by atoms with Gasteiger partial charge < -0.3 is 9.47 Å². The molecule has 1 rings (SSSR count). The van der Waals surface area contributed by atoms with Gasteiger partial charge in [-0.05, 0) is 23.2 Å². The molecule has 1 aromatic rings. The number of hydrogen-bond donors (Lipinski definition) is 0. The fourth-order valence-corrected chi connectivity index (χ4v) is 1.13. The van der Waals surface area contributed by atoms with Crippen LogP contribution in [0.1, 0.15) is 5.56 Å². The minimum Gasteiger partial charge on any atom is -0.493 e. The average Bonchev–Trinajstić information content (AvgIpc) is 2.28. The number of hydrogen-bond acceptors (Lipinski definition) is 3. The second kappa shape index (κ2) is 4.93. The van der Waals surface area contributed by atoms with Crippen molar-refractivity contribution in [3.63, 3.8) is 0 Å². The van der Waals surface area contributed by atoms with E-state index in [9.17, 15) is 0 Å². The standard InChI is InChI=1S/C10H11N3O2/c1-7(12-13-11)8-4-5-9(14-2)10(6-8)15-3/h4-6H,1H2,2-3H3. The zero-order valence-electron chi connectivity index (χ0n) is 8.60. The highest BCUT2D eigenvalue weighted by Crippen LogP contribution is 2.30. The maximum atomic E-state index is 8.27. The van der Waals surface area contributed by atoms with E-state index < -0.39 is 0 Å². The van der Waals surface area contributed by atoms with Crippen molar-refractivity contribution < 1.29 is 9.47 Å². The van der Waals surface area contributed by atoms with Gasteiger partial charge in [-0.25, -0.2) is 0 Å². The number of nitrogens with zero attached hydrogens (tertiary/aromatic N) is 3. The highest BCUT2D eigenvalue weighted by Gasteiger charge is 2.05. The second-order valence-corrected chi connectivity index (χ2v) is 2.71. The van der Waals surface area contributed by atoms with Crippen molar-refractivity contribution in [2.24, 2.45) is 5.11 Å². The van der Waals surface area contributed by atoms with E-state index in [0.717, 1.165) is 0 Å². The Morgan fingerprint density at radius 2 is 2.00 bits per heavy atom. The molecule has 0 aliphatic heterocycles. The summed E-state index contributed by atoms with van der Waals surface area (Å²) in [5.74, 6) is 1.19. The Hall–Kier alpha value is -2.13. The van der Waals surface area contributed by atoms with Gasteiger partial charge >= 0.3 is 0 Å². The third kappa shape index (κ3) is 2.42. The summed E-state index contributed by atoms with van der Waals surface area (Å²) in [5.41, 5.74) is 9.31. The molecule has 5 nitrogen and oxygen atoms in total. The van der Waals surface area contributed by atoms with Gasteiger partial charge in [-0.1, -0.05) is 17.8 Å². The van der Waals surface area contributed by atoms with Crippen LogP contribution in [-0.2, 0) is 0 Å². The lowest BCUT2D eigenvalue weighted by Gasteiger charge is -2.08. The van der Waals surface area contributed by atoms with Crippen molar-refractivity contribution in [1.82, 2.24) is 0 Å². The fraction of sp³-hybridized carbons (Fsp3) is 0.200. The molecule has 0 N–H and O–H groups in total. The minimum absolute atomic E-state index is 0.346. The highest BCUT2D eigenvalue weighted by molar-refractivity contribution is 5.65. The van der Waals surface area contributed by atoms with Crippen LogP contribution in [-0.4, -0.2) is 14.2 Å². The molecule has 0 aliphatic rings. The summed E-state index contributed by atoms with van der Waals surface area (Å²) in [6.45, 7) is 3.63. The minimum atomic E-state index is 0.346. The predicted molar refractivity (Wildman–Crippen MR) is 57.7 cm³/mol. The molecule has 0 amide bonds. The van der Waals surface area contributed by atoms with E-state index in [2.05, 4.69) is 16.6 Å². The van der Waals surface area contributed by atoms with Crippen molar-refractivity contribution in [2.75, 3.05) is 14.2 Å². The Bertz CT molecular complexity index is 423. The van der Waals surface area contributed by atoms with Crippen LogP contribution in [0.25, 0.3) is 16.1 Å². The Balaban J connectivity index is 3.13. The number of benzene rings is 1. The van der Waals surface area contributed by atoms with Crippen LogP contribution >= 0.6 is 0 Å². The Kier molecular flexibility index (Phi) is 3.60. The first-order chi connectivity index (χ1) is 7.22. The maximum absolute atomic E-state index is 8.27. The van der Waals surface area contributed by atoms with Crippen LogP contribution in [0.4, 0.5) is 0 Å². The van der Waals surface area contributed by atoms with Crippen LogP contribution in [0.3, 0.4) is 0 Å². The largest absolute Gasteiger partial charge is 0.493 e. The van der Waals surface area contributed by atoms with E-state index in [0.29, 0.717) is 22.8 Å². The molecule has 15 heavy (non-hydrogen) atoms. The number of azide groups is 1. The van der Waals surface area contributed by atoms with E-state index in [4.69, 9.17) is 15.0 Å². The van der Waals surface area contributed by atoms with Crippen LogP contribution in [0.2, 0.25) is 0 Å². The molecule has 0 fully saturated rings. The first kappa shape index (κ1) is 10.9. The van der Waals surface area contributed by atoms with Crippen molar-refractivity contribution in [1.29, 1.82) is 0 Å². The molecule has 1 aromatic carbocycles. The molecule has 0 radical (unpaired) electrons. The van der Waals surface area contributed by atoms with Crippen molar-refractivity contribution in [3.05, 3.63) is 40.8 Å². The average molecular weight is 205 g/mol. The SMILES string of the molecule is C=C(N=[N+]=[N-])c1ccc(OC)c(OC)c1. The van der Waals surface area contributed by atoms with E-state index >= 15 is 0 Å². The summed E-state index contributed by atoms with van der Waals surface area (Å²) in [6.07, 6.45) is 0. The third-order valence-corrected chi connectivity index (χ3v) is 1.88. The first-order valence-electron chi connectivity index (χ1n) is 4.19. The fourth-order valence-electron chi connectivity index (χ4n) is 1.13. The number of rotatable bonds is 4. The second-order valence-electron chi connectivity index (χ2n) is 2.71. The molecule has 0 aliphatic carbocycles. The van der Waals surface area contributed by atoms with Gasteiger partial charge in [-0.15, -0.1) is 0 Å². The quantitative estimate of drug-likeness (QED) is 0.430. The predicted octanol–water partition coefficient (Wildman–Crippen LogP) is 2.98. The molecule has 0 saturated heterocycles. The maximum Gasteiger partial charge on any atom is 0.161 e. The monoisotopic (exact) mass is 205 g/mol. The zero-order valence-corrected chi connectivity index (χ0v) is 8.60. The van der Waals surface area contributed by atoms with Crippen LogP contribution < -0.4 is 9.47 Å². The summed E-state index contributed by atoms with van der Waals surface area (Å²) in [6, 6.07) is 5.18. The third-order valence-electron chi connectivity index (χ3n) is 1.88. The van der Waals surface area contributed by atoms with Gasteiger partial charge in [0.25, 0.3) is 0 Å².